The van der Waals surface area contributed by atoms with Crippen LogP contribution in [0.15, 0.2) is 42.2 Å². The Hall–Kier alpha value is -1.99. The second kappa shape index (κ2) is 35.0. The molecule has 7 N–H and O–H groups in total. The van der Waals surface area contributed by atoms with Crippen LogP contribution in [0.25, 0.3) is 0 Å². The minimum absolute atomic E-state index is 0. The molecular weight excluding hydrogens is 520 g/mol. The summed E-state index contributed by atoms with van der Waals surface area (Å²) in [6.45, 7) is -0.181. The van der Waals surface area contributed by atoms with E-state index < -0.39 is 0 Å². The molecule has 210 valence electrons. The first kappa shape index (κ1) is 49.0. The first-order valence-electron chi connectivity index (χ1n) is 9.35. The first-order valence-corrected chi connectivity index (χ1v) is 9.35. The van der Waals surface area contributed by atoms with Crippen molar-refractivity contribution in [3.8, 4) is 0 Å². The molecule has 0 atom stereocenters. The number of aromatic amines is 3. The fourth-order valence-electron chi connectivity index (χ4n) is 1.57. The van der Waals surface area contributed by atoms with Crippen molar-refractivity contribution >= 4 is 30.7 Å². The molecule has 0 amide bonds. The zero-order chi connectivity index (χ0) is 26.2. The van der Waals surface area contributed by atoms with Gasteiger partial charge in [-0.1, -0.05) is 14.9 Å². The number of aliphatic imine (C=N–C) groups is 1. The summed E-state index contributed by atoms with van der Waals surface area (Å²) in [5.74, 6) is 1.57. The topological polar surface area (TPSA) is 225 Å². The molecule has 0 aliphatic heterocycles. The fraction of sp³-hybridized carbons (Fsp3) is 0.450. The molecule has 3 aromatic heterocycles. The summed E-state index contributed by atoms with van der Waals surface area (Å²) in [4.78, 5) is 38.3. The van der Waals surface area contributed by atoms with Gasteiger partial charge in [0.05, 0.1) is 6.34 Å². The van der Waals surface area contributed by atoms with Gasteiger partial charge in [0.15, 0.2) is 11.9 Å². The molecule has 3 aromatic rings. The molecular formula is C20H43N11Na2O5. The normalized spacial score (nSPS) is 8.45. The van der Waals surface area contributed by atoms with Gasteiger partial charge < -0.3 is 52.4 Å². The van der Waals surface area contributed by atoms with Crippen LogP contribution in [0.3, 0.4) is 0 Å². The number of imidazole rings is 3. The Kier molecular flexibility index (Phi) is 45.2. The van der Waals surface area contributed by atoms with Gasteiger partial charge in [0.25, 0.3) is 6.47 Å². The predicted octanol–water partition coefficient (Wildman–Crippen LogP) is -5.43. The van der Waals surface area contributed by atoms with Crippen molar-refractivity contribution < 1.29 is 85.0 Å². The van der Waals surface area contributed by atoms with E-state index in [0.717, 1.165) is 0 Å². The second-order valence-corrected chi connectivity index (χ2v) is 6.00. The van der Waals surface area contributed by atoms with Gasteiger partial charge in [-0.25, -0.2) is 19.9 Å². The number of rotatable bonds is 6. The summed E-state index contributed by atoms with van der Waals surface area (Å²) in [5.41, 5.74) is 10.2. The minimum atomic E-state index is -0.213. The van der Waals surface area contributed by atoms with Crippen molar-refractivity contribution in [2.45, 2.75) is 21.3 Å². The van der Waals surface area contributed by atoms with Crippen LogP contribution in [0.1, 0.15) is 16.3 Å². The van der Waals surface area contributed by atoms with E-state index in [1.807, 2.05) is 38.0 Å². The molecule has 0 fully saturated rings. The number of nitrogens with zero attached hydrogens (tertiary/aromatic N) is 6. The Bertz CT molecular complexity index is 778. The van der Waals surface area contributed by atoms with Gasteiger partial charge in [-0.3, -0.25) is 9.69 Å². The van der Waals surface area contributed by atoms with E-state index in [4.69, 9.17) is 31.0 Å². The van der Waals surface area contributed by atoms with Crippen LogP contribution in [-0.2, 0) is 19.2 Å². The molecule has 3 rings (SSSR count). The summed E-state index contributed by atoms with van der Waals surface area (Å²) < 4.78 is 9.73. The molecule has 0 bridgehead atoms. The average molecular weight is 564 g/mol. The molecule has 0 saturated carbocycles. The maximum absolute atomic E-state index is 8.64. The van der Waals surface area contributed by atoms with E-state index in [-0.39, 0.29) is 88.3 Å². The van der Waals surface area contributed by atoms with Crippen LogP contribution in [0.2, 0.25) is 0 Å². The largest absolute Gasteiger partial charge is 1.00 e. The van der Waals surface area contributed by atoms with Gasteiger partial charge in [0.1, 0.15) is 0 Å². The number of methoxy groups -OCH3 is 2. The van der Waals surface area contributed by atoms with Crippen LogP contribution in [0.4, 0.5) is 17.8 Å². The SMILES string of the molecule is C.C.CN(C)C=Nc1ncc[nH]1.COC(OC)N(C)C.Nc1ncc[nH]1.Nc1ncc[nH]1.O=CO[O-].[H-].[Na+].[Na+]. The number of hydrogen-bond acceptors (Lipinski definition) is 12. The Morgan fingerprint density at radius 1 is 0.921 bits per heavy atom. The van der Waals surface area contributed by atoms with Crippen molar-refractivity contribution in [1.82, 2.24) is 39.7 Å². The van der Waals surface area contributed by atoms with E-state index in [1.54, 1.807) is 57.7 Å². The molecule has 0 aliphatic carbocycles. The number of anilines is 2. The van der Waals surface area contributed by atoms with Crippen LogP contribution in [0, 0.1) is 0 Å². The zero-order valence-corrected chi connectivity index (χ0v) is 26.1. The van der Waals surface area contributed by atoms with Crippen LogP contribution >= 0.6 is 0 Å². The van der Waals surface area contributed by atoms with Crippen LogP contribution in [-0.4, -0.2) is 101 Å². The van der Waals surface area contributed by atoms with Crippen molar-refractivity contribution in [3.05, 3.63) is 37.2 Å². The number of H-pyrrole nitrogens is 3. The Labute approximate surface area is 271 Å². The van der Waals surface area contributed by atoms with Crippen molar-refractivity contribution in [1.29, 1.82) is 0 Å². The van der Waals surface area contributed by atoms with Gasteiger partial charge in [-0.15, -0.1) is 0 Å². The van der Waals surface area contributed by atoms with Crippen LogP contribution < -0.4 is 75.8 Å². The Morgan fingerprint density at radius 3 is 1.47 bits per heavy atom. The van der Waals surface area contributed by atoms with E-state index >= 15 is 0 Å². The number of ether oxygens (including phenoxy) is 2. The maximum atomic E-state index is 8.64. The van der Waals surface area contributed by atoms with E-state index in [0.29, 0.717) is 17.8 Å². The third kappa shape index (κ3) is 34.0. The zero-order valence-electron chi connectivity index (χ0n) is 23.1. The number of nitrogens with one attached hydrogen (secondary N) is 3. The molecule has 3 heterocycles. The Morgan fingerprint density at radius 2 is 1.32 bits per heavy atom. The van der Waals surface area contributed by atoms with Crippen molar-refractivity contribution in [3.63, 3.8) is 0 Å². The van der Waals surface area contributed by atoms with E-state index in [9.17, 15) is 0 Å². The molecule has 0 aliphatic rings. The third-order valence-corrected chi connectivity index (χ3v) is 2.80. The molecule has 0 aromatic carbocycles. The summed E-state index contributed by atoms with van der Waals surface area (Å²) in [5, 5.41) is 8.43. The molecule has 0 radical (unpaired) electrons. The average Bonchev–Trinajstić information content (AvgIpc) is 3.59. The van der Waals surface area contributed by atoms with Crippen molar-refractivity contribution in [2.75, 3.05) is 53.9 Å². The van der Waals surface area contributed by atoms with Gasteiger partial charge in [0.2, 0.25) is 12.4 Å². The summed E-state index contributed by atoms with van der Waals surface area (Å²) in [6, 6.07) is 0. The van der Waals surface area contributed by atoms with Gasteiger partial charge in [-0.2, -0.15) is 0 Å². The number of hydrogen-bond donors (Lipinski definition) is 5. The summed E-state index contributed by atoms with van der Waals surface area (Å²) >= 11 is 0. The maximum Gasteiger partial charge on any atom is 1.00 e. The second-order valence-electron chi connectivity index (χ2n) is 6.00. The molecule has 0 unspecified atom stereocenters. The molecule has 0 saturated heterocycles. The first-order chi connectivity index (χ1) is 16.2. The number of carbonyl (C=O) groups excluding carboxylic acids is 1. The standard InChI is InChI=1S/C6H10N4.C5H13NO2.2C3H5N3.CH2O3.2CH4.2Na.H/c1-10(2)5-9-6-7-3-4-8-6;1-6(2)5(7-3)8-4;2*4-3-5-1-2-6-3;2-1-4-3;;;;;/h3-5H,1-2H3,(H,7,8);5H,1-4H3;2*1-2H,(H3,4,5,6);1,3H;2*1H4;;;/q;;;;;;;2*+1;-1/p-1. The molecule has 18 heteroatoms. The van der Waals surface area contributed by atoms with Crippen LogP contribution in [0.5, 0.6) is 0 Å². The van der Waals surface area contributed by atoms with E-state index in [2.05, 4.69) is 39.8 Å². The summed E-state index contributed by atoms with van der Waals surface area (Å²) in [7, 11) is 10.8. The molecule has 38 heavy (non-hydrogen) atoms. The van der Waals surface area contributed by atoms with Crippen molar-refractivity contribution in [2.24, 2.45) is 4.99 Å². The summed E-state index contributed by atoms with van der Waals surface area (Å²) in [6.07, 6.45) is 11.5. The predicted molar refractivity (Wildman–Crippen MR) is 140 cm³/mol. The van der Waals surface area contributed by atoms with Gasteiger partial charge in [0, 0.05) is 65.5 Å². The smallest absolute Gasteiger partial charge is 1.00 e. The number of nitrogens with two attached hydrogens (primary N) is 2. The quantitative estimate of drug-likeness (QED) is 0.0360. The van der Waals surface area contributed by atoms with Gasteiger partial charge in [-0.05, 0) is 14.1 Å². The number of nitrogen functional groups attached to an aromatic ring is 2. The number of aromatic nitrogens is 6. The molecule has 16 nitrogen and oxygen atoms in total. The monoisotopic (exact) mass is 563 g/mol. The minimum Gasteiger partial charge on any atom is -1.00 e. The van der Waals surface area contributed by atoms with Gasteiger partial charge >= 0.3 is 59.1 Å². The van der Waals surface area contributed by atoms with E-state index in [1.165, 1.54) is 0 Å². The fourth-order valence-corrected chi connectivity index (χ4v) is 1.57. The third-order valence-electron chi connectivity index (χ3n) is 2.80. The Balaban J connectivity index is -0.0000000653. The number of carbonyl (C=O) groups is 1. The molecule has 0 spiro atoms.